The lowest BCUT2D eigenvalue weighted by Gasteiger charge is -2.10. The largest absolute Gasteiger partial charge is 0.545 e. The zero-order valence-corrected chi connectivity index (χ0v) is 13.3. The molecule has 0 unspecified atom stereocenters. The van der Waals surface area contributed by atoms with Crippen LogP contribution in [0.4, 0.5) is 4.39 Å². The molecule has 2 heterocycles. The molecular formula is C17H14FN2O4-. The van der Waals surface area contributed by atoms with Gasteiger partial charge in [0.25, 0.3) is 5.71 Å². The highest BCUT2D eigenvalue weighted by Crippen LogP contribution is 2.32. The van der Waals surface area contributed by atoms with E-state index < -0.39 is 11.8 Å². The fraction of sp³-hybridized carbons (Fsp3) is 0.235. The molecule has 0 radical (unpaired) electrons. The average Bonchev–Trinajstić information content (AvgIpc) is 2.97. The summed E-state index contributed by atoms with van der Waals surface area (Å²) < 4.78 is 24.4. The first-order chi connectivity index (χ1) is 11.4. The van der Waals surface area contributed by atoms with Crippen molar-refractivity contribution in [2.75, 3.05) is 7.11 Å². The third-order valence-electron chi connectivity index (χ3n) is 3.69. The van der Waals surface area contributed by atoms with Crippen molar-refractivity contribution in [2.24, 2.45) is 0 Å². The molecule has 0 amide bonds. The molecule has 0 fully saturated rings. The van der Waals surface area contributed by atoms with Crippen LogP contribution < -0.4 is 9.84 Å². The van der Waals surface area contributed by atoms with Crippen molar-refractivity contribution in [3.8, 4) is 17.0 Å². The number of fused-ring (bicyclic) bond motifs is 1. The van der Waals surface area contributed by atoms with Crippen molar-refractivity contribution >= 4 is 17.1 Å². The molecule has 0 aliphatic rings. The van der Waals surface area contributed by atoms with Crippen LogP contribution in [0.25, 0.3) is 22.4 Å². The van der Waals surface area contributed by atoms with E-state index in [1.54, 1.807) is 6.07 Å². The molecule has 3 rings (SSSR count). The Morgan fingerprint density at radius 2 is 2.08 bits per heavy atom. The molecule has 1 aromatic carbocycles. The standard InChI is InChI=1S/C17H15FN2O4/c1-8(2)15-14-11(17(21)22)7-13(19-16(14)24-20-15)10-5-4-9(23-3)6-12(10)18/h4-8H,1-3H3,(H,21,22)/p-1. The minimum Gasteiger partial charge on any atom is -0.545 e. The Morgan fingerprint density at radius 3 is 2.67 bits per heavy atom. The molecule has 24 heavy (non-hydrogen) atoms. The summed E-state index contributed by atoms with van der Waals surface area (Å²) in [4.78, 5) is 15.7. The number of carboxylic acids is 1. The second kappa shape index (κ2) is 5.92. The number of benzene rings is 1. The molecule has 0 aliphatic carbocycles. The summed E-state index contributed by atoms with van der Waals surface area (Å²) in [6.45, 7) is 3.71. The van der Waals surface area contributed by atoms with Crippen molar-refractivity contribution in [1.29, 1.82) is 0 Å². The van der Waals surface area contributed by atoms with Gasteiger partial charge < -0.3 is 19.2 Å². The Balaban J connectivity index is 2.26. The van der Waals surface area contributed by atoms with E-state index in [1.807, 2.05) is 13.8 Å². The topological polar surface area (TPSA) is 88.3 Å². The van der Waals surface area contributed by atoms with Crippen molar-refractivity contribution < 1.29 is 23.6 Å². The number of methoxy groups -OCH3 is 1. The Bertz CT molecular complexity index is 934. The highest BCUT2D eigenvalue weighted by atomic mass is 19.1. The second-order valence-corrected chi connectivity index (χ2v) is 5.59. The van der Waals surface area contributed by atoms with Gasteiger partial charge in [-0.3, -0.25) is 0 Å². The molecule has 7 heteroatoms. The first-order valence-electron chi connectivity index (χ1n) is 7.28. The summed E-state index contributed by atoms with van der Waals surface area (Å²) in [5, 5.41) is 15.7. The van der Waals surface area contributed by atoms with Crippen molar-refractivity contribution in [3.63, 3.8) is 0 Å². The predicted octanol–water partition coefficient (Wildman–Crippen LogP) is 2.52. The van der Waals surface area contributed by atoms with Gasteiger partial charge in [0.1, 0.15) is 11.6 Å². The third-order valence-corrected chi connectivity index (χ3v) is 3.69. The summed E-state index contributed by atoms with van der Waals surface area (Å²) in [6, 6.07) is 5.48. The van der Waals surface area contributed by atoms with Crippen LogP contribution in [0.1, 0.15) is 35.8 Å². The number of carboxylic acid groups (broad SMARTS) is 1. The molecule has 124 valence electrons. The minimum absolute atomic E-state index is 0.0330. The van der Waals surface area contributed by atoms with E-state index >= 15 is 0 Å². The number of hydrogen-bond acceptors (Lipinski definition) is 6. The van der Waals surface area contributed by atoms with Crippen LogP contribution in [-0.4, -0.2) is 23.2 Å². The number of ether oxygens (including phenoxy) is 1. The maximum atomic E-state index is 14.3. The summed E-state index contributed by atoms with van der Waals surface area (Å²) in [6.07, 6.45) is 0. The first kappa shape index (κ1) is 15.9. The minimum atomic E-state index is -1.40. The van der Waals surface area contributed by atoms with E-state index in [0.717, 1.165) is 0 Å². The van der Waals surface area contributed by atoms with Crippen molar-refractivity contribution in [1.82, 2.24) is 10.1 Å². The smallest absolute Gasteiger partial charge is 0.259 e. The molecule has 0 bridgehead atoms. The normalized spacial score (nSPS) is 11.2. The number of carbonyl (C=O) groups is 1. The van der Waals surface area contributed by atoms with Gasteiger partial charge in [0.2, 0.25) is 0 Å². The van der Waals surface area contributed by atoms with Gasteiger partial charge in [-0.05, 0) is 24.1 Å². The number of aromatic carboxylic acids is 1. The van der Waals surface area contributed by atoms with E-state index in [0.29, 0.717) is 11.4 Å². The molecule has 0 saturated heterocycles. The number of aromatic nitrogens is 2. The average molecular weight is 329 g/mol. The van der Waals surface area contributed by atoms with Gasteiger partial charge in [0.15, 0.2) is 0 Å². The maximum absolute atomic E-state index is 14.3. The monoisotopic (exact) mass is 329 g/mol. The number of halogens is 1. The maximum Gasteiger partial charge on any atom is 0.259 e. The fourth-order valence-corrected chi connectivity index (χ4v) is 2.50. The van der Waals surface area contributed by atoms with Crippen LogP contribution in [-0.2, 0) is 0 Å². The molecule has 0 atom stereocenters. The van der Waals surface area contributed by atoms with E-state index in [1.165, 1.54) is 25.3 Å². The van der Waals surface area contributed by atoms with Gasteiger partial charge >= 0.3 is 0 Å². The molecule has 0 spiro atoms. The molecule has 0 N–H and O–H groups in total. The highest BCUT2D eigenvalue weighted by Gasteiger charge is 2.20. The summed E-state index contributed by atoms with van der Waals surface area (Å²) in [5.74, 6) is -1.70. The van der Waals surface area contributed by atoms with Gasteiger partial charge in [-0.2, -0.15) is 0 Å². The zero-order chi connectivity index (χ0) is 17.4. The Kier molecular flexibility index (Phi) is 3.92. The summed E-state index contributed by atoms with van der Waals surface area (Å²) in [5.41, 5.74) is 0.621. The first-order valence-corrected chi connectivity index (χ1v) is 7.28. The van der Waals surface area contributed by atoms with Gasteiger partial charge in [0, 0.05) is 17.2 Å². The SMILES string of the molecule is COc1ccc(-c2cc(C(=O)[O-])c3c(C(C)C)noc3n2)c(F)c1. The molecule has 0 saturated carbocycles. The summed E-state index contributed by atoms with van der Waals surface area (Å²) in [7, 11) is 1.43. The number of nitrogens with zero attached hydrogens (tertiary/aromatic N) is 2. The number of hydrogen-bond donors (Lipinski definition) is 0. The molecular weight excluding hydrogens is 315 g/mol. The van der Waals surface area contributed by atoms with E-state index in [4.69, 9.17) is 9.26 Å². The Hall–Kier alpha value is -2.96. The van der Waals surface area contributed by atoms with Crippen molar-refractivity contribution in [2.45, 2.75) is 19.8 Å². The molecule has 3 aromatic rings. The van der Waals surface area contributed by atoms with Crippen LogP contribution in [0.2, 0.25) is 0 Å². The van der Waals surface area contributed by atoms with E-state index in [2.05, 4.69) is 10.1 Å². The van der Waals surface area contributed by atoms with Gasteiger partial charge in [-0.1, -0.05) is 19.0 Å². The number of pyridine rings is 1. The lowest BCUT2D eigenvalue weighted by atomic mass is 10.0. The highest BCUT2D eigenvalue weighted by molar-refractivity contribution is 6.02. The zero-order valence-electron chi connectivity index (χ0n) is 13.3. The van der Waals surface area contributed by atoms with Crippen molar-refractivity contribution in [3.05, 3.63) is 41.3 Å². The van der Waals surface area contributed by atoms with Crippen LogP contribution >= 0.6 is 0 Å². The molecule has 0 aliphatic heterocycles. The van der Waals surface area contributed by atoms with Gasteiger partial charge in [0.05, 0.1) is 29.9 Å². The van der Waals surface area contributed by atoms with Crippen LogP contribution in [0, 0.1) is 5.82 Å². The molecule has 6 nitrogen and oxygen atoms in total. The quantitative estimate of drug-likeness (QED) is 0.731. The predicted molar refractivity (Wildman–Crippen MR) is 82.2 cm³/mol. The lowest BCUT2D eigenvalue weighted by molar-refractivity contribution is -0.254. The van der Waals surface area contributed by atoms with Crippen LogP contribution in [0.3, 0.4) is 0 Å². The molecule has 2 aromatic heterocycles. The van der Waals surface area contributed by atoms with Gasteiger partial charge in [-0.15, -0.1) is 0 Å². The number of rotatable bonds is 4. The Labute approximate surface area is 136 Å². The van der Waals surface area contributed by atoms with E-state index in [-0.39, 0.29) is 33.8 Å². The third kappa shape index (κ3) is 2.58. The van der Waals surface area contributed by atoms with E-state index in [9.17, 15) is 14.3 Å². The number of carbonyl (C=O) groups excluding carboxylic acids is 1. The summed E-state index contributed by atoms with van der Waals surface area (Å²) >= 11 is 0. The lowest BCUT2D eigenvalue weighted by Crippen LogP contribution is -2.23. The van der Waals surface area contributed by atoms with Gasteiger partial charge in [-0.25, -0.2) is 9.37 Å². The fourth-order valence-electron chi connectivity index (χ4n) is 2.50. The Morgan fingerprint density at radius 1 is 1.33 bits per heavy atom. The van der Waals surface area contributed by atoms with Crippen LogP contribution in [0.15, 0.2) is 28.8 Å². The van der Waals surface area contributed by atoms with Crippen LogP contribution in [0.5, 0.6) is 5.75 Å². The second-order valence-electron chi connectivity index (χ2n) is 5.59.